The first-order valence-electron chi connectivity index (χ1n) is 6.40. The van der Waals surface area contributed by atoms with Crippen LogP contribution in [0.2, 0.25) is 5.02 Å². The molecule has 0 aliphatic carbocycles. The number of rotatable bonds is 5. The fourth-order valence-corrected chi connectivity index (χ4v) is 2.34. The standard InChI is InChI=1S/C16H10BrClN2O3/c17-12-2-4-15(11(5-12)8-21)23-9-16(22)20-14-6-13(18)3-1-10(14)7-19/h1-6,8H,9H2,(H,20,22). The smallest absolute Gasteiger partial charge is 0.262 e. The van der Waals surface area contributed by atoms with Crippen molar-refractivity contribution in [3.05, 3.63) is 57.0 Å². The van der Waals surface area contributed by atoms with Gasteiger partial charge in [-0.05, 0) is 36.4 Å². The molecule has 0 fully saturated rings. The molecule has 5 nitrogen and oxygen atoms in total. The molecule has 2 aromatic rings. The number of halogens is 2. The molecule has 116 valence electrons. The minimum absolute atomic E-state index is 0.292. The second-order valence-electron chi connectivity index (χ2n) is 4.44. The lowest BCUT2D eigenvalue weighted by atomic mass is 10.2. The first-order valence-corrected chi connectivity index (χ1v) is 7.57. The zero-order valence-corrected chi connectivity index (χ0v) is 14.0. The largest absolute Gasteiger partial charge is 0.483 e. The van der Waals surface area contributed by atoms with E-state index in [1.165, 1.54) is 12.1 Å². The number of carbonyl (C=O) groups is 2. The Labute approximate surface area is 145 Å². The Bertz CT molecular complexity index is 802. The van der Waals surface area contributed by atoms with Crippen LogP contribution in [0.1, 0.15) is 15.9 Å². The predicted molar refractivity (Wildman–Crippen MR) is 89.8 cm³/mol. The van der Waals surface area contributed by atoms with Gasteiger partial charge in [0, 0.05) is 9.50 Å². The molecule has 1 amide bonds. The van der Waals surface area contributed by atoms with Crippen molar-refractivity contribution < 1.29 is 14.3 Å². The Balaban J connectivity index is 2.05. The number of nitrogens with one attached hydrogen (secondary N) is 1. The van der Waals surface area contributed by atoms with E-state index in [4.69, 9.17) is 21.6 Å². The van der Waals surface area contributed by atoms with Gasteiger partial charge in [-0.2, -0.15) is 5.26 Å². The Morgan fingerprint density at radius 3 is 2.83 bits per heavy atom. The van der Waals surface area contributed by atoms with E-state index >= 15 is 0 Å². The minimum atomic E-state index is -0.469. The molecular weight excluding hydrogens is 384 g/mol. The van der Waals surface area contributed by atoms with E-state index in [0.717, 1.165) is 4.47 Å². The van der Waals surface area contributed by atoms with Crippen molar-refractivity contribution in [1.29, 1.82) is 5.26 Å². The summed E-state index contributed by atoms with van der Waals surface area (Å²) in [7, 11) is 0. The van der Waals surface area contributed by atoms with Gasteiger partial charge in [0.05, 0.1) is 16.8 Å². The second kappa shape index (κ2) is 7.77. The average molecular weight is 394 g/mol. The lowest BCUT2D eigenvalue weighted by Crippen LogP contribution is -2.21. The van der Waals surface area contributed by atoms with Gasteiger partial charge in [-0.25, -0.2) is 0 Å². The summed E-state index contributed by atoms with van der Waals surface area (Å²) in [5.41, 5.74) is 0.924. The third kappa shape index (κ3) is 4.55. The molecular formula is C16H10BrClN2O3. The third-order valence-electron chi connectivity index (χ3n) is 2.83. The van der Waals surface area contributed by atoms with Crippen molar-refractivity contribution in [2.45, 2.75) is 0 Å². The van der Waals surface area contributed by atoms with E-state index in [0.29, 0.717) is 33.9 Å². The van der Waals surface area contributed by atoms with E-state index in [1.807, 2.05) is 6.07 Å². The SMILES string of the molecule is N#Cc1ccc(Cl)cc1NC(=O)COc1ccc(Br)cc1C=O. The van der Waals surface area contributed by atoms with E-state index in [-0.39, 0.29) is 6.61 Å². The summed E-state index contributed by atoms with van der Waals surface area (Å²) in [6.07, 6.45) is 0.642. The van der Waals surface area contributed by atoms with Gasteiger partial charge in [-0.15, -0.1) is 0 Å². The van der Waals surface area contributed by atoms with Crippen LogP contribution < -0.4 is 10.1 Å². The molecule has 2 rings (SSSR count). The second-order valence-corrected chi connectivity index (χ2v) is 5.79. The lowest BCUT2D eigenvalue weighted by Gasteiger charge is -2.10. The van der Waals surface area contributed by atoms with Gasteiger partial charge >= 0.3 is 0 Å². The van der Waals surface area contributed by atoms with Crippen LogP contribution in [0.5, 0.6) is 5.75 Å². The fourth-order valence-electron chi connectivity index (χ4n) is 1.79. The highest BCUT2D eigenvalue weighted by atomic mass is 79.9. The van der Waals surface area contributed by atoms with Crippen molar-refractivity contribution >= 4 is 45.4 Å². The summed E-state index contributed by atoms with van der Waals surface area (Å²) >= 11 is 9.10. The normalized spacial score (nSPS) is 9.78. The van der Waals surface area contributed by atoms with Gasteiger partial charge in [0.2, 0.25) is 0 Å². The van der Waals surface area contributed by atoms with Crippen LogP contribution in [-0.4, -0.2) is 18.8 Å². The van der Waals surface area contributed by atoms with Crippen LogP contribution in [0.15, 0.2) is 40.9 Å². The Morgan fingerprint density at radius 1 is 1.35 bits per heavy atom. The quantitative estimate of drug-likeness (QED) is 0.784. The van der Waals surface area contributed by atoms with Crippen LogP contribution in [0.25, 0.3) is 0 Å². The summed E-state index contributed by atoms with van der Waals surface area (Å²) in [4.78, 5) is 22.9. The third-order valence-corrected chi connectivity index (χ3v) is 3.56. The fraction of sp³-hybridized carbons (Fsp3) is 0.0625. The molecule has 0 heterocycles. The zero-order chi connectivity index (χ0) is 16.8. The number of carbonyl (C=O) groups excluding carboxylic acids is 2. The summed E-state index contributed by atoms with van der Waals surface area (Å²) in [6, 6.07) is 11.4. The van der Waals surface area contributed by atoms with Crippen molar-refractivity contribution in [3.8, 4) is 11.8 Å². The highest BCUT2D eigenvalue weighted by Gasteiger charge is 2.10. The Morgan fingerprint density at radius 2 is 2.13 bits per heavy atom. The van der Waals surface area contributed by atoms with Gasteiger partial charge in [0.25, 0.3) is 5.91 Å². The summed E-state index contributed by atoms with van der Waals surface area (Å²) < 4.78 is 6.07. The number of hydrogen-bond donors (Lipinski definition) is 1. The number of nitrogens with zero attached hydrogens (tertiary/aromatic N) is 1. The monoisotopic (exact) mass is 392 g/mol. The molecule has 0 aromatic heterocycles. The summed E-state index contributed by atoms with van der Waals surface area (Å²) in [5.74, 6) is -0.173. The van der Waals surface area contributed by atoms with E-state index in [1.54, 1.807) is 24.3 Å². The maximum absolute atomic E-state index is 11.9. The molecule has 0 bridgehead atoms. The van der Waals surface area contributed by atoms with Crippen LogP contribution in [0, 0.1) is 11.3 Å². The van der Waals surface area contributed by atoms with E-state index < -0.39 is 5.91 Å². The predicted octanol–water partition coefficient (Wildman–Crippen LogP) is 3.80. The highest BCUT2D eigenvalue weighted by Crippen LogP contribution is 2.22. The molecule has 0 unspecified atom stereocenters. The molecule has 0 radical (unpaired) electrons. The van der Waals surface area contributed by atoms with Gasteiger partial charge in [-0.1, -0.05) is 27.5 Å². The maximum atomic E-state index is 11.9. The van der Waals surface area contributed by atoms with E-state index in [2.05, 4.69) is 21.2 Å². The number of nitriles is 1. The molecule has 2 aromatic carbocycles. The molecule has 0 aliphatic heterocycles. The summed E-state index contributed by atoms with van der Waals surface area (Å²) in [6.45, 7) is -0.306. The molecule has 0 saturated carbocycles. The molecule has 7 heteroatoms. The number of anilines is 1. The number of hydrogen-bond acceptors (Lipinski definition) is 4. The lowest BCUT2D eigenvalue weighted by molar-refractivity contribution is -0.118. The van der Waals surface area contributed by atoms with Gasteiger partial charge in [-0.3, -0.25) is 9.59 Å². The molecule has 0 spiro atoms. The average Bonchev–Trinajstić information content (AvgIpc) is 2.53. The van der Waals surface area contributed by atoms with E-state index in [9.17, 15) is 9.59 Å². The van der Waals surface area contributed by atoms with Crippen LogP contribution in [0.4, 0.5) is 5.69 Å². The number of benzene rings is 2. The van der Waals surface area contributed by atoms with Crippen LogP contribution >= 0.6 is 27.5 Å². The van der Waals surface area contributed by atoms with Gasteiger partial charge in [0.1, 0.15) is 11.8 Å². The highest BCUT2D eigenvalue weighted by molar-refractivity contribution is 9.10. The maximum Gasteiger partial charge on any atom is 0.262 e. The molecule has 23 heavy (non-hydrogen) atoms. The molecule has 0 aliphatic rings. The molecule has 0 atom stereocenters. The first kappa shape index (κ1) is 17.0. The molecule has 1 N–H and O–H groups in total. The number of amides is 1. The zero-order valence-electron chi connectivity index (χ0n) is 11.7. The first-order chi connectivity index (χ1) is 11.0. The summed E-state index contributed by atoms with van der Waals surface area (Å²) in [5, 5.41) is 12.0. The molecule has 0 saturated heterocycles. The topological polar surface area (TPSA) is 79.2 Å². The van der Waals surface area contributed by atoms with Crippen molar-refractivity contribution in [2.24, 2.45) is 0 Å². The number of ether oxygens (including phenoxy) is 1. The Kier molecular flexibility index (Phi) is 5.74. The van der Waals surface area contributed by atoms with Crippen LogP contribution in [0.3, 0.4) is 0 Å². The van der Waals surface area contributed by atoms with Crippen molar-refractivity contribution in [3.63, 3.8) is 0 Å². The Hall–Kier alpha value is -2.36. The van der Waals surface area contributed by atoms with Crippen molar-refractivity contribution in [2.75, 3.05) is 11.9 Å². The number of aldehydes is 1. The van der Waals surface area contributed by atoms with Gasteiger partial charge < -0.3 is 10.1 Å². The van der Waals surface area contributed by atoms with Crippen molar-refractivity contribution in [1.82, 2.24) is 0 Å². The van der Waals surface area contributed by atoms with Crippen LogP contribution in [-0.2, 0) is 4.79 Å². The minimum Gasteiger partial charge on any atom is -0.483 e. The van der Waals surface area contributed by atoms with Gasteiger partial charge in [0.15, 0.2) is 12.9 Å².